The van der Waals surface area contributed by atoms with E-state index in [0.717, 1.165) is 4.90 Å². The lowest BCUT2D eigenvalue weighted by molar-refractivity contribution is -0.116. The predicted molar refractivity (Wildman–Crippen MR) is 173 cm³/mol. The summed E-state index contributed by atoms with van der Waals surface area (Å²) in [5.41, 5.74) is 2.15. The number of hydrogen-bond donors (Lipinski definition) is 3. The summed E-state index contributed by atoms with van der Waals surface area (Å²) in [5.74, 6) is -1.14. The van der Waals surface area contributed by atoms with Gasteiger partial charge in [0.05, 0.1) is 5.25 Å². The zero-order valence-corrected chi connectivity index (χ0v) is 25.5. The zero-order chi connectivity index (χ0) is 30.1. The van der Waals surface area contributed by atoms with Gasteiger partial charge in [0.15, 0.2) is 0 Å². The maximum atomic E-state index is 13.4. The van der Waals surface area contributed by atoms with Crippen molar-refractivity contribution < 1.29 is 14.4 Å². The molecule has 0 spiro atoms. The molecule has 4 rings (SSSR count). The summed E-state index contributed by atoms with van der Waals surface area (Å²) in [6.07, 6.45) is 2.13. The lowest BCUT2D eigenvalue weighted by Gasteiger charge is -2.16. The van der Waals surface area contributed by atoms with E-state index in [2.05, 4.69) is 16.0 Å². The average molecular weight is 639 g/mol. The van der Waals surface area contributed by atoms with Crippen LogP contribution >= 0.6 is 46.6 Å². The Morgan fingerprint density at radius 2 is 1.45 bits per heavy atom. The van der Waals surface area contributed by atoms with E-state index in [1.165, 1.54) is 11.8 Å². The first-order chi connectivity index (χ1) is 20.2. The third kappa shape index (κ3) is 9.13. The number of carbonyl (C=O) groups is 3. The van der Waals surface area contributed by atoms with Crippen LogP contribution in [0.25, 0.3) is 6.08 Å². The summed E-state index contributed by atoms with van der Waals surface area (Å²) in [4.78, 5) is 40.0. The zero-order valence-electron chi connectivity index (χ0n) is 22.4. The van der Waals surface area contributed by atoms with E-state index in [1.54, 1.807) is 97.1 Å². The third-order valence-electron chi connectivity index (χ3n) is 5.87. The van der Waals surface area contributed by atoms with Gasteiger partial charge in [-0.25, -0.2) is 0 Å². The van der Waals surface area contributed by atoms with Crippen molar-refractivity contribution in [3.8, 4) is 0 Å². The number of carbonyl (C=O) groups excluding carboxylic acids is 3. The van der Waals surface area contributed by atoms with Gasteiger partial charge in [0.1, 0.15) is 5.70 Å². The van der Waals surface area contributed by atoms with Gasteiger partial charge in [-0.2, -0.15) is 0 Å². The van der Waals surface area contributed by atoms with Crippen molar-refractivity contribution in [1.82, 2.24) is 5.32 Å². The molecule has 4 aromatic carbocycles. The first-order valence-electron chi connectivity index (χ1n) is 12.9. The molecule has 0 bridgehead atoms. The monoisotopic (exact) mass is 637 g/mol. The number of benzene rings is 4. The third-order valence-corrected chi connectivity index (χ3v) is 7.92. The van der Waals surface area contributed by atoms with Crippen molar-refractivity contribution in [1.29, 1.82) is 0 Å². The molecule has 6 nitrogen and oxygen atoms in total. The maximum absolute atomic E-state index is 13.4. The van der Waals surface area contributed by atoms with Gasteiger partial charge in [0.2, 0.25) is 5.91 Å². The molecular weight excluding hydrogens is 613 g/mol. The van der Waals surface area contributed by atoms with E-state index >= 15 is 0 Å². The Balaban J connectivity index is 1.50. The summed E-state index contributed by atoms with van der Waals surface area (Å²) < 4.78 is 0. The van der Waals surface area contributed by atoms with Gasteiger partial charge in [0, 0.05) is 36.9 Å². The molecule has 0 radical (unpaired) electrons. The summed E-state index contributed by atoms with van der Waals surface area (Å²) in [5, 5.41) is 9.41. The van der Waals surface area contributed by atoms with Crippen LogP contribution in [0.2, 0.25) is 15.1 Å². The fraction of sp³-hybridized carbons (Fsp3) is 0.0938. The van der Waals surface area contributed by atoms with Crippen LogP contribution in [-0.2, 0) is 9.59 Å². The van der Waals surface area contributed by atoms with Crippen molar-refractivity contribution in [2.24, 2.45) is 0 Å². The Morgan fingerprint density at radius 3 is 2.12 bits per heavy atom. The van der Waals surface area contributed by atoms with Crippen LogP contribution in [0.3, 0.4) is 0 Å². The van der Waals surface area contributed by atoms with Crippen LogP contribution in [0.15, 0.2) is 108 Å². The van der Waals surface area contributed by atoms with Gasteiger partial charge in [-0.1, -0.05) is 78.1 Å². The number of thioether (sulfide) groups is 1. The average Bonchev–Trinajstić information content (AvgIpc) is 2.96. The second-order valence-corrected chi connectivity index (χ2v) is 11.7. The standard InChI is InChI=1S/C32H26Cl3N3O3S/c1-2-29(32(41)37-26-17-23(34)16-24(35)18-26)42-27-10-6-9-25(19-27)36-31(40)28(15-20-11-13-22(33)14-12-20)38-30(39)21-7-4-3-5-8-21/h3-19,29H,2H2,1H3,(H,36,40)(H,37,41)(H,38,39)/b28-15-. The summed E-state index contributed by atoms with van der Waals surface area (Å²) >= 11 is 19.5. The largest absolute Gasteiger partial charge is 0.325 e. The van der Waals surface area contributed by atoms with Gasteiger partial charge in [-0.05, 0) is 78.7 Å². The molecule has 1 atom stereocenters. The molecular formula is C32H26Cl3N3O3S. The quantitative estimate of drug-likeness (QED) is 0.120. The van der Waals surface area contributed by atoms with E-state index in [0.29, 0.717) is 44.0 Å². The second-order valence-electron chi connectivity index (χ2n) is 9.07. The minimum Gasteiger partial charge on any atom is -0.325 e. The minimum atomic E-state index is -0.515. The van der Waals surface area contributed by atoms with E-state index in [1.807, 2.05) is 13.0 Å². The van der Waals surface area contributed by atoms with Crippen molar-refractivity contribution in [2.75, 3.05) is 10.6 Å². The maximum Gasteiger partial charge on any atom is 0.272 e. The number of nitrogens with one attached hydrogen (secondary N) is 3. The number of halogens is 3. The van der Waals surface area contributed by atoms with Gasteiger partial charge < -0.3 is 16.0 Å². The number of amides is 3. The van der Waals surface area contributed by atoms with Crippen molar-refractivity contribution in [3.63, 3.8) is 0 Å². The minimum absolute atomic E-state index is 0.0511. The Morgan fingerprint density at radius 1 is 0.762 bits per heavy atom. The van der Waals surface area contributed by atoms with E-state index in [4.69, 9.17) is 34.8 Å². The van der Waals surface area contributed by atoms with E-state index < -0.39 is 17.1 Å². The van der Waals surface area contributed by atoms with Crippen molar-refractivity contribution >= 4 is 81.7 Å². The summed E-state index contributed by atoms with van der Waals surface area (Å²) in [7, 11) is 0. The Labute approximate surface area is 263 Å². The molecule has 0 saturated heterocycles. The highest BCUT2D eigenvalue weighted by atomic mass is 35.5. The molecule has 0 fully saturated rings. The summed E-state index contributed by atoms with van der Waals surface area (Å²) in [6.45, 7) is 1.91. The highest BCUT2D eigenvalue weighted by Crippen LogP contribution is 2.30. The van der Waals surface area contributed by atoms with E-state index in [-0.39, 0.29) is 11.6 Å². The summed E-state index contributed by atoms with van der Waals surface area (Å²) in [6, 6.07) is 27.5. The molecule has 10 heteroatoms. The topological polar surface area (TPSA) is 87.3 Å². The Hall–Kier alpha value is -3.75. The van der Waals surface area contributed by atoms with Gasteiger partial charge >= 0.3 is 0 Å². The number of rotatable bonds is 10. The highest BCUT2D eigenvalue weighted by Gasteiger charge is 2.20. The van der Waals surface area contributed by atoms with Crippen LogP contribution < -0.4 is 16.0 Å². The van der Waals surface area contributed by atoms with Crippen LogP contribution in [0.1, 0.15) is 29.3 Å². The van der Waals surface area contributed by atoms with Gasteiger partial charge in [-0.15, -0.1) is 11.8 Å². The highest BCUT2D eigenvalue weighted by molar-refractivity contribution is 8.00. The molecule has 4 aromatic rings. The molecule has 3 amide bonds. The normalized spacial score (nSPS) is 11.9. The molecule has 0 aliphatic rings. The molecule has 214 valence electrons. The van der Waals surface area contributed by atoms with Gasteiger partial charge in [-0.3, -0.25) is 14.4 Å². The van der Waals surface area contributed by atoms with E-state index in [9.17, 15) is 14.4 Å². The Kier molecular flexibility index (Phi) is 11.1. The predicted octanol–water partition coefficient (Wildman–Crippen LogP) is 8.57. The smallest absolute Gasteiger partial charge is 0.272 e. The molecule has 0 aliphatic carbocycles. The number of hydrogen-bond acceptors (Lipinski definition) is 4. The SMILES string of the molecule is CCC(Sc1cccc(NC(=O)/C(=C/c2ccc(Cl)cc2)NC(=O)c2ccccc2)c1)C(=O)Nc1cc(Cl)cc(Cl)c1. The molecule has 0 aliphatic heterocycles. The van der Waals surface area contributed by atoms with Crippen LogP contribution in [0.4, 0.5) is 11.4 Å². The Bertz CT molecular complexity index is 1590. The fourth-order valence-corrected chi connectivity index (χ4v) is 5.51. The lowest BCUT2D eigenvalue weighted by Crippen LogP contribution is -2.30. The molecule has 0 saturated carbocycles. The molecule has 0 aromatic heterocycles. The van der Waals surface area contributed by atoms with Gasteiger partial charge in [0.25, 0.3) is 11.8 Å². The first kappa shape index (κ1) is 31.2. The fourth-order valence-electron chi connectivity index (χ4n) is 3.85. The number of anilines is 2. The van der Waals surface area contributed by atoms with Crippen LogP contribution in [-0.4, -0.2) is 23.0 Å². The molecule has 0 heterocycles. The van der Waals surface area contributed by atoms with Crippen molar-refractivity contribution in [2.45, 2.75) is 23.5 Å². The molecule has 3 N–H and O–H groups in total. The molecule has 42 heavy (non-hydrogen) atoms. The lowest BCUT2D eigenvalue weighted by atomic mass is 10.1. The van der Waals surface area contributed by atoms with Crippen LogP contribution in [0.5, 0.6) is 0 Å². The molecule has 1 unspecified atom stereocenters. The first-order valence-corrected chi connectivity index (χ1v) is 14.9. The van der Waals surface area contributed by atoms with Crippen molar-refractivity contribution in [3.05, 3.63) is 129 Å². The van der Waals surface area contributed by atoms with Crippen LogP contribution in [0, 0.1) is 0 Å². The second kappa shape index (κ2) is 14.9.